The Morgan fingerprint density at radius 2 is 1.95 bits per heavy atom. The number of carbonyl (C=O) groups excluding carboxylic acids is 1. The molecule has 1 heterocycles. The van der Waals surface area contributed by atoms with E-state index in [1.807, 2.05) is 0 Å². The number of alkyl halides is 3. The fraction of sp³-hybridized carbons (Fsp3) is 0.333. The molecule has 4 nitrogen and oxygen atoms in total. The zero-order chi connectivity index (χ0) is 14.2. The zero-order valence-corrected chi connectivity index (χ0v) is 9.57. The second kappa shape index (κ2) is 4.56. The highest BCUT2D eigenvalue weighted by Gasteiger charge is 2.44. The predicted molar refractivity (Wildman–Crippen MR) is 58.3 cm³/mol. The number of hydrogen-bond acceptors (Lipinski definition) is 2. The third kappa shape index (κ3) is 2.40. The van der Waals surface area contributed by atoms with Crippen LogP contribution in [0.25, 0.3) is 0 Å². The van der Waals surface area contributed by atoms with Crippen LogP contribution in [0.15, 0.2) is 24.3 Å². The molecule has 1 unspecified atom stereocenters. The highest BCUT2D eigenvalue weighted by molar-refractivity contribution is 6.00. The van der Waals surface area contributed by atoms with Gasteiger partial charge in [0, 0.05) is 12.5 Å². The zero-order valence-electron chi connectivity index (χ0n) is 9.57. The number of benzene rings is 1. The molecule has 0 aromatic heterocycles. The van der Waals surface area contributed by atoms with Crippen molar-refractivity contribution in [2.45, 2.75) is 12.1 Å². The first-order chi connectivity index (χ1) is 8.82. The smallest absolute Gasteiger partial charge is 0.416 e. The first-order valence-electron chi connectivity index (χ1n) is 5.49. The van der Waals surface area contributed by atoms with Crippen LogP contribution in [0.5, 0.6) is 0 Å². The van der Waals surface area contributed by atoms with E-state index in [0.717, 1.165) is 6.07 Å². The standard InChI is InChI=1S/C12H10F3NO3/c13-12(14,15)8-4-2-1-3-6(8)7-5-16-10(17)9(7)11(18)19/h1-4,7,9H,5H2,(H,16,17)(H,18,19)/t7-,9?/m1/s1. The van der Waals surface area contributed by atoms with Gasteiger partial charge in [-0.25, -0.2) is 0 Å². The lowest BCUT2D eigenvalue weighted by Crippen LogP contribution is -2.27. The molecule has 2 rings (SSSR count). The Morgan fingerprint density at radius 3 is 2.53 bits per heavy atom. The summed E-state index contributed by atoms with van der Waals surface area (Å²) in [6, 6.07) is 4.72. The van der Waals surface area contributed by atoms with Gasteiger partial charge in [0.05, 0.1) is 5.56 Å². The van der Waals surface area contributed by atoms with Crippen molar-refractivity contribution in [1.29, 1.82) is 0 Å². The van der Waals surface area contributed by atoms with Gasteiger partial charge >= 0.3 is 12.1 Å². The highest BCUT2D eigenvalue weighted by Crippen LogP contribution is 2.39. The maximum Gasteiger partial charge on any atom is 0.416 e. The fourth-order valence-electron chi connectivity index (χ4n) is 2.27. The molecule has 1 aliphatic rings. The largest absolute Gasteiger partial charge is 0.481 e. The molecule has 0 bridgehead atoms. The summed E-state index contributed by atoms with van der Waals surface area (Å²) in [6.45, 7) is -0.108. The van der Waals surface area contributed by atoms with Crippen LogP contribution in [0.2, 0.25) is 0 Å². The van der Waals surface area contributed by atoms with E-state index in [2.05, 4.69) is 5.32 Å². The van der Waals surface area contributed by atoms with Gasteiger partial charge in [-0.3, -0.25) is 9.59 Å². The first-order valence-corrected chi connectivity index (χ1v) is 5.49. The van der Waals surface area contributed by atoms with Crippen LogP contribution in [0.4, 0.5) is 13.2 Å². The summed E-state index contributed by atoms with van der Waals surface area (Å²) < 4.78 is 38.6. The van der Waals surface area contributed by atoms with Crippen LogP contribution in [-0.2, 0) is 15.8 Å². The monoisotopic (exact) mass is 273 g/mol. The SMILES string of the molecule is O=C(O)C1C(=O)NC[C@@H]1c1ccccc1C(F)(F)F. The summed E-state index contributed by atoms with van der Waals surface area (Å²) in [6.07, 6.45) is -4.58. The van der Waals surface area contributed by atoms with Crippen LogP contribution in [0.3, 0.4) is 0 Å². The van der Waals surface area contributed by atoms with Gasteiger partial charge in [0.15, 0.2) is 0 Å². The molecule has 1 amide bonds. The number of halogens is 3. The molecule has 19 heavy (non-hydrogen) atoms. The third-order valence-corrected chi connectivity index (χ3v) is 3.11. The summed E-state index contributed by atoms with van der Waals surface area (Å²) in [5, 5.41) is 11.3. The van der Waals surface area contributed by atoms with Crippen molar-refractivity contribution in [1.82, 2.24) is 5.32 Å². The van der Waals surface area contributed by atoms with Gasteiger partial charge in [-0.1, -0.05) is 18.2 Å². The van der Waals surface area contributed by atoms with E-state index in [4.69, 9.17) is 5.11 Å². The van der Waals surface area contributed by atoms with Crippen molar-refractivity contribution < 1.29 is 27.9 Å². The van der Waals surface area contributed by atoms with Gasteiger partial charge in [-0.2, -0.15) is 13.2 Å². The van der Waals surface area contributed by atoms with E-state index in [1.54, 1.807) is 0 Å². The van der Waals surface area contributed by atoms with E-state index in [0.29, 0.717) is 0 Å². The summed E-state index contributed by atoms with van der Waals surface area (Å²) in [5.74, 6) is -4.67. The minimum Gasteiger partial charge on any atom is -0.481 e. The number of amides is 1. The van der Waals surface area contributed by atoms with E-state index in [1.165, 1.54) is 18.2 Å². The van der Waals surface area contributed by atoms with Crippen molar-refractivity contribution in [3.8, 4) is 0 Å². The van der Waals surface area contributed by atoms with Crippen molar-refractivity contribution in [3.05, 3.63) is 35.4 Å². The molecule has 1 aliphatic heterocycles. The molecule has 2 N–H and O–H groups in total. The molecular weight excluding hydrogens is 263 g/mol. The second-order valence-corrected chi connectivity index (χ2v) is 4.25. The van der Waals surface area contributed by atoms with E-state index in [9.17, 15) is 22.8 Å². The Bertz CT molecular complexity index is 527. The first kappa shape index (κ1) is 13.4. The van der Waals surface area contributed by atoms with Crippen molar-refractivity contribution in [2.75, 3.05) is 6.54 Å². The van der Waals surface area contributed by atoms with Crippen molar-refractivity contribution >= 4 is 11.9 Å². The molecule has 1 aromatic carbocycles. The number of rotatable bonds is 2. The van der Waals surface area contributed by atoms with Crippen molar-refractivity contribution in [2.24, 2.45) is 5.92 Å². The normalized spacial score (nSPS) is 23.2. The maximum absolute atomic E-state index is 12.9. The van der Waals surface area contributed by atoms with E-state index >= 15 is 0 Å². The lowest BCUT2D eigenvalue weighted by molar-refractivity contribution is -0.147. The molecule has 0 radical (unpaired) electrons. The number of aliphatic carboxylic acids is 1. The van der Waals surface area contributed by atoms with E-state index < -0.39 is 35.5 Å². The lowest BCUT2D eigenvalue weighted by atomic mass is 9.85. The summed E-state index contributed by atoms with van der Waals surface area (Å²) >= 11 is 0. The van der Waals surface area contributed by atoms with Crippen LogP contribution in [0, 0.1) is 5.92 Å². The van der Waals surface area contributed by atoms with Gasteiger partial charge in [0.2, 0.25) is 5.91 Å². The quantitative estimate of drug-likeness (QED) is 0.805. The fourth-order valence-corrected chi connectivity index (χ4v) is 2.27. The maximum atomic E-state index is 12.9. The Labute approximate surface area is 106 Å². The van der Waals surface area contributed by atoms with Gasteiger partial charge in [0.25, 0.3) is 0 Å². The topological polar surface area (TPSA) is 66.4 Å². The number of nitrogens with one attached hydrogen (secondary N) is 1. The molecule has 0 spiro atoms. The molecule has 0 aliphatic carbocycles. The predicted octanol–water partition coefficient (Wildman–Crippen LogP) is 1.62. The average Bonchev–Trinajstić information content (AvgIpc) is 2.70. The number of carboxylic acids is 1. The van der Waals surface area contributed by atoms with Gasteiger partial charge < -0.3 is 10.4 Å². The molecular formula is C12H10F3NO3. The lowest BCUT2D eigenvalue weighted by Gasteiger charge is -2.19. The summed E-state index contributed by atoms with van der Waals surface area (Å²) in [7, 11) is 0. The number of carbonyl (C=O) groups is 2. The van der Waals surface area contributed by atoms with Crippen LogP contribution >= 0.6 is 0 Å². The molecule has 1 aromatic rings. The Balaban J connectivity index is 2.48. The Morgan fingerprint density at radius 1 is 1.32 bits per heavy atom. The molecule has 2 atom stereocenters. The summed E-state index contributed by atoms with van der Waals surface area (Å²) in [5.41, 5.74) is -1.07. The number of carboxylic acid groups (broad SMARTS) is 1. The highest BCUT2D eigenvalue weighted by atomic mass is 19.4. The third-order valence-electron chi connectivity index (χ3n) is 3.11. The summed E-state index contributed by atoms with van der Waals surface area (Å²) in [4.78, 5) is 22.4. The molecule has 1 saturated heterocycles. The van der Waals surface area contributed by atoms with Crippen LogP contribution in [-0.4, -0.2) is 23.5 Å². The van der Waals surface area contributed by atoms with Gasteiger partial charge in [-0.05, 0) is 11.6 Å². The van der Waals surface area contributed by atoms with Gasteiger partial charge in [0.1, 0.15) is 5.92 Å². The van der Waals surface area contributed by atoms with Crippen LogP contribution in [0.1, 0.15) is 17.0 Å². The minimum atomic E-state index is -4.58. The van der Waals surface area contributed by atoms with Crippen molar-refractivity contribution in [3.63, 3.8) is 0 Å². The molecule has 1 fully saturated rings. The number of hydrogen-bond donors (Lipinski definition) is 2. The Hall–Kier alpha value is -2.05. The average molecular weight is 273 g/mol. The van der Waals surface area contributed by atoms with E-state index in [-0.39, 0.29) is 12.1 Å². The van der Waals surface area contributed by atoms with Crippen LogP contribution < -0.4 is 5.32 Å². The molecule has 0 saturated carbocycles. The second-order valence-electron chi connectivity index (χ2n) is 4.25. The molecule has 102 valence electrons. The Kier molecular flexibility index (Phi) is 3.21. The van der Waals surface area contributed by atoms with Gasteiger partial charge in [-0.15, -0.1) is 0 Å². The molecule has 7 heteroatoms. The minimum absolute atomic E-state index is 0.108.